The number of hydrogen-bond donors (Lipinski definition) is 1. The summed E-state index contributed by atoms with van der Waals surface area (Å²) in [6.45, 7) is 0.307. The van der Waals surface area contributed by atoms with Crippen LogP contribution in [-0.4, -0.2) is 22.3 Å². The molecular weight excluding hydrogens is 548 g/mol. The van der Waals surface area contributed by atoms with Crippen LogP contribution in [0.2, 0.25) is 15.1 Å². The third-order valence-electron chi connectivity index (χ3n) is 6.04. The molecule has 2 heterocycles. The number of carbonyl (C=O) groups excluding carboxylic acids is 1. The van der Waals surface area contributed by atoms with Crippen LogP contribution in [0, 0.1) is 0 Å². The van der Waals surface area contributed by atoms with E-state index < -0.39 is 11.7 Å². The van der Waals surface area contributed by atoms with Gasteiger partial charge in [-0.2, -0.15) is 13.2 Å². The fourth-order valence-electron chi connectivity index (χ4n) is 4.21. The Kier molecular flexibility index (Phi) is 6.88. The quantitative estimate of drug-likeness (QED) is 0.224. The van der Waals surface area contributed by atoms with Gasteiger partial charge >= 0.3 is 6.18 Å². The summed E-state index contributed by atoms with van der Waals surface area (Å²) in [5.41, 5.74) is 1.16. The molecule has 5 aromatic rings. The first-order valence-electron chi connectivity index (χ1n) is 11.2. The van der Waals surface area contributed by atoms with Crippen molar-refractivity contribution >= 4 is 62.6 Å². The van der Waals surface area contributed by atoms with Gasteiger partial charge in [0, 0.05) is 28.5 Å². The Morgan fingerprint density at radius 3 is 2.49 bits per heavy atom. The lowest BCUT2D eigenvalue weighted by atomic mass is 10.1. The zero-order valence-corrected chi connectivity index (χ0v) is 21.3. The topological polar surface area (TPSA) is 49.2 Å². The van der Waals surface area contributed by atoms with Gasteiger partial charge in [0.2, 0.25) is 0 Å². The van der Waals surface area contributed by atoms with Gasteiger partial charge in [-0.3, -0.25) is 4.79 Å². The Balaban J connectivity index is 1.48. The lowest BCUT2D eigenvalue weighted by Crippen LogP contribution is -2.32. The van der Waals surface area contributed by atoms with Crippen molar-refractivity contribution in [3.8, 4) is 0 Å². The predicted molar refractivity (Wildman–Crippen MR) is 139 cm³/mol. The molecule has 0 radical (unpaired) electrons. The summed E-state index contributed by atoms with van der Waals surface area (Å²) >= 11 is 18.5. The molecule has 4 nitrogen and oxygen atoms in total. The number of rotatable bonds is 6. The molecule has 190 valence electrons. The zero-order valence-electron chi connectivity index (χ0n) is 19.0. The van der Waals surface area contributed by atoms with Crippen molar-refractivity contribution in [3.63, 3.8) is 0 Å². The second kappa shape index (κ2) is 9.97. The molecule has 0 bridgehead atoms. The Hall–Kier alpha value is -3.13. The van der Waals surface area contributed by atoms with E-state index >= 15 is 0 Å². The third-order valence-corrected chi connectivity index (χ3v) is 7.00. The molecular formula is C27H18Cl3F3N2O2. The maximum atomic E-state index is 13.8. The summed E-state index contributed by atoms with van der Waals surface area (Å²) in [5.74, 6) is 0.0352. The molecule has 0 saturated heterocycles. The number of amides is 1. The smallest absolute Gasteiger partial charge is 0.416 e. The maximum absolute atomic E-state index is 13.8. The molecule has 10 heteroatoms. The first-order chi connectivity index (χ1) is 17.6. The molecule has 0 spiro atoms. The van der Waals surface area contributed by atoms with E-state index in [0.29, 0.717) is 43.7 Å². The van der Waals surface area contributed by atoms with E-state index in [2.05, 4.69) is 4.98 Å². The number of hydrogen-bond acceptors (Lipinski definition) is 2. The van der Waals surface area contributed by atoms with Crippen LogP contribution < -0.4 is 0 Å². The zero-order chi connectivity index (χ0) is 26.3. The van der Waals surface area contributed by atoms with Gasteiger partial charge in [0.15, 0.2) is 0 Å². The van der Waals surface area contributed by atoms with Crippen LogP contribution in [0.1, 0.15) is 27.2 Å². The summed E-state index contributed by atoms with van der Waals surface area (Å²) in [6.07, 6.45) is -2.32. The normalized spacial score (nSPS) is 11.9. The van der Waals surface area contributed by atoms with Crippen molar-refractivity contribution in [2.24, 2.45) is 0 Å². The van der Waals surface area contributed by atoms with E-state index in [1.165, 1.54) is 6.07 Å². The van der Waals surface area contributed by atoms with Crippen LogP contribution in [0.5, 0.6) is 0 Å². The molecule has 0 unspecified atom stereocenters. The second-order valence-corrected chi connectivity index (χ2v) is 9.83. The highest BCUT2D eigenvalue weighted by atomic mass is 35.5. The monoisotopic (exact) mass is 564 g/mol. The lowest BCUT2D eigenvalue weighted by molar-refractivity contribution is -0.137. The highest BCUT2D eigenvalue weighted by Gasteiger charge is 2.31. The Morgan fingerprint density at radius 2 is 1.73 bits per heavy atom. The molecule has 37 heavy (non-hydrogen) atoms. The predicted octanol–water partition coefficient (Wildman–Crippen LogP) is 8.78. The van der Waals surface area contributed by atoms with Crippen LogP contribution in [0.15, 0.2) is 71.3 Å². The Labute approximate surface area is 224 Å². The van der Waals surface area contributed by atoms with Crippen LogP contribution >= 0.6 is 34.8 Å². The summed E-state index contributed by atoms with van der Waals surface area (Å²) in [7, 11) is 0. The van der Waals surface area contributed by atoms with Crippen LogP contribution in [0.3, 0.4) is 0 Å². The van der Waals surface area contributed by atoms with Crippen molar-refractivity contribution in [3.05, 3.63) is 104 Å². The van der Waals surface area contributed by atoms with Gasteiger partial charge in [-0.15, -0.1) is 0 Å². The molecule has 1 N–H and O–H groups in total. The lowest BCUT2D eigenvalue weighted by Gasteiger charge is -2.22. The fourth-order valence-corrected chi connectivity index (χ4v) is 4.76. The summed E-state index contributed by atoms with van der Waals surface area (Å²) < 4.78 is 45.2. The highest BCUT2D eigenvalue weighted by Crippen LogP contribution is 2.33. The molecule has 5 rings (SSSR count). The van der Waals surface area contributed by atoms with Gasteiger partial charge in [0.1, 0.15) is 11.3 Å². The van der Waals surface area contributed by atoms with E-state index in [1.54, 1.807) is 41.4 Å². The molecule has 0 fully saturated rings. The van der Waals surface area contributed by atoms with Crippen molar-refractivity contribution in [1.29, 1.82) is 0 Å². The number of fused-ring (bicyclic) bond motifs is 2. The largest absolute Gasteiger partial charge is 0.459 e. The maximum Gasteiger partial charge on any atom is 0.416 e. The number of H-pyrrole nitrogens is 1. The summed E-state index contributed by atoms with van der Waals surface area (Å²) in [5, 5.41) is 2.52. The van der Waals surface area contributed by atoms with Gasteiger partial charge < -0.3 is 14.3 Å². The number of halogens is 6. The minimum absolute atomic E-state index is 0.0326. The summed E-state index contributed by atoms with van der Waals surface area (Å²) in [6, 6.07) is 15.3. The van der Waals surface area contributed by atoms with E-state index in [1.807, 2.05) is 12.1 Å². The minimum Gasteiger partial charge on any atom is -0.459 e. The number of furan rings is 1. The number of benzene rings is 3. The fraction of sp³-hybridized carbons (Fsp3) is 0.148. The molecule has 3 aromatic carbocycles. The number of nitrogens with zero attached hydrogens (tertiary/aromatic N) is 1. The van der Waals surface area contributed by atoms with E-state index in [4.69, 9.17) is 39.2 Å². The summed E-state index contributed by atoms with van der Waals surface area (Å²) in [4.78, 5) is 18.4. The van der Waals surface area contributed by atoms with Crippen LogP contribution in [0.25, 0.3) is 21.9 Å². The van der Waals surface area contributed by atoms with Crippen LogP contribution in [0.4, 0.5) is 13.2 Å². The SMILES string of the molecule is O=C(c1cc(Cl)cc2cc[nH]c12)N(CCc1ccc(Cl)c(Cl)c1)Cc1cc2ccc(C(F)(F)F)cc2o1. The van der Waals surface area contributed by atoms with Crippen molar-refractivity contribution in [2.45, 2.75) is 19.1 Å². The average Bonchev–Trinajstić information content (AvgIpc) is 3.48. The number of alkyl halides is 3. The van der Waals surface area contributed by atoms with E-state index in [0.717, 1.165) is 23.1 Å². The van der Waals surface area contributed by atoms with E-state index in [9.17, 15) is 18.0 Å². The molecule has 0 saturated carbocycles. The molecule has 0 aliphatic carbocycles. The molecule has 0 aliphatic heterocycles. The highest BCUT2D eigenvalue weighted by molar-refractivity contribution is 6.42. The number of nitrogens with one attached hydrogen (secondary N) is 1. The van der Waals surface area contributed by atoms with Gasteiger partial charge in [-0.25, -0.2) is 0 Å². The van der Waals surface area contributed by atoms with Gasteiger partial charge in [-0.1, -0.05) is 46.9 Å². The Morgan fingerprint density at radius 1 is 0.919 bits per heavy atom. The molecule has 1 amide bonds. The number of aromatic amines is 1. The van der Waals surface area contributed by atoms with Gasteiger partial charge in [0.25, 0.3) is 5.91 Å². The van der Waals surface area contributed by atoms with Crippen molar-refractivity contribution in [2.75, 3.05) is 6.54 Å². The number of carbonyl (C=O) groups is 1. The van der Waals surface area contributed by atoms with Gasteiger partial charge in [-0.05, 0) is 60.5 Å². The van der Waals surface area contributed by atoms with E-state index in [-0.39, 0.29) is 24.6 Å². The molecule has 2 aromatic heterocycles. The Bertz CT molecular complexity index is 1620. The minimum atomic E-state index is -4.49. The average molecular weight is 566 g/mol. The first kappa shape index (κ1) is 25.5. The molecule has 0 aliphatic rings. The standard InChI is InChI=1S/C27H18Cl3F3N2O2/c28-19-10-17-5-7-34-25(17)21(13-19)26(36)35(8-6-15-1-4-22(29)23(30)9-15)14-20-11-16-2-3-18(27(31,32)33)12-24(16)37-20/h1-5,7,9-13,34H,6,8,14H2. The molecule has 0 atom stereocenters. The number of aromatic nitrogens is 1. The van der Waals surface area contributed by atoms with Crippen molar-refractivity contribution in [1.82, 2.24) is 9.88 Å². The van der Waals surface area contributed by atoms with Crippen LogP contribution in [-0.2, 0) is 19.1 Å². The second-order valence-electron chi connectivity index (χ2n) is 8.58. The first-order valence-corrected chi connectivity index (χ1v) is 12.3. The van der Waals surface area contributed by atoms with Crippen molar-refractivity contribution < 1.29 is 22.4 Å². The third kappa shape index (κ3) is 5.44. The van der Waals surface area contributed by atoms with Gasteiger partial charge in [0.05, 0.1) is 33.2 Å².